The van der Waals surface area contributed by atoms with Gasteiger partial charge in [-0.1, -0.05) is 324 Å². The largest absolute Gasteiger partial charge is 2.00 e. The molecule has 0 bridgehead atoms. The molecular weight excluding hydrogens is 901 g/mol. The Morgan fingerprint density at radius 3 is 0.535 bits per heavy atom. The summed E-state index contributed by atoms with van der Waals surface area (Å²) in [5, 5.41) is 23.8. The van der Waals surface area contributed by atoms with Crippen LogP contribution in [0.25, 0.3) is 0 Å². The summed E-state index contributed by atoms with van der Waals surface area (Å²) in [7, 11) is 0. The van der Waals surface area contributed by atoms with Crippen LogP contribution in [0.15, 0.2) is 0 Å². The third-order valence-corrected chi connectivity index (χ3v) is 15.3. The third-order valence-electron chi connectivity index (χ3n) is 15.3. The molecule has 0 aromatic heterocycles. The molecule has 0 saturated carbocycles. The smallest absolute Gasteiger partial charge is 0.548 e. The van der Waals surface area contributed by atoms with Gasteiger partial charge in [0, 0.05) is 12.1 Å². The van der Waals surface area contributed by atoms with Gasteiger partial charge in [0.15, 0.2) is 0 Å². The molecular formula is C64H128CaN2O4. The van der Waals surface area contributed by atoms with Gasteiger partial charge in [-0.25, -0.2) is 0 Å². The molecule has 0 aliphatic heterocycles. The first-order chi connectivity index (χ1) is 34.3. The SMILES string of the molecule is CCCCCCCCCCCCCN(CCCCCCCCCCCCC)C(CCCC)C(=O)[O-].CCCCCCCCCCCCCN(CCCCCCCCCCCCC)C(CCCC)C(=O)[O-].[Ca+2]. The summed E-state index contributed by atoms with van der Waals surface area (Å²) in [5.41, 5.74) is 0. The van der Waals surface area contributed by atoms with Crippen molar-refractivity contribution in [2.75, 3.05) is 26.2 Å². The number of carboxylic acid groups (broad SMARTS) is 2. The molecule has 2 atom stereocenters. The summed E-state index contributed by atoms with van der Waals surface area (Å²) >= 11 is 0. The molecule has 0 saturated heterocycles. The molecule has 0 aliphatic carbocycles. The summed E-state index contributed by atoms with van der Waals surface area (Å²) in [6.07, 6.45) is 64.3. The van der Waals surface area contributed by atoms with Crippen molar-refractivity contribution in [2.45, 2.75) is 375 Å². The first-order valence-corrected chi connectivity index (χ1v) is 32.2. The third kappa shape index (κ3) is 56.2. The Bertz CT molecular complexity index is 885. The predicted molar refractivity (Wildman–Crippen MR) is 311 cm³/mol. The molecule has 2 unspecified atom stereocenters. The summed E-state index contributed by atoms with van der Waals surface area (Å²) in [5.74, 6) is -1.71. The molecule has 0 heterocycles. The fourth-order valence-electron chi connectivity index (χ4n) is 10.5. The van der Waals surface area contributed by atoms with Crippen molar-refractivity contribution in [1.29, 1.82) is 0 Å². The summed E-state index contributed by atoms with van der Waals surface area (Å²) in [6.45, 7) is 17.1. The molecule has 0 radical (unpaired) electrons. The number of unbranched alkanes of at least 4 members (excludes halogenated alkanes) is 42. The molecule has 420 valence electrons. The summed E-state index contributed by atoms with van der Waals surface area (Å²) in [6, 6.07) is -0.776. The topological polar surface area (TPSA) is 86.7 Å². The molecule has 0 spiro atoms. The number of carbonyl (C=O) groups excluding carboxylic acids is 2. The Balaban J connectivity index is -0.00000128. The second-order valence-corrected chi connectivity index (χ2v) is 22.2. The van der Waals surface area contributed by atoms with Crippen LogP contribution in [0.1, 0.15) is 363 Å². The van der Waals surface area contributed by atoms with E-state index < -0.39 is 11.9 Å². The van der Waals surface area contributed by atoms with Gasteiger partial charge in [-0.15, -0.1) is 0 Å². The number of rotatable bonds is 58. The zero-order valence-corrected chi connectivity index (χ0v) is 51.8. The van der Waals surface area contributed by atoms with E-state index in [0.29, 0.717) is 0 Å². The first-order valence-electron chi connectivity index (χ1n) is 32.2. The minimum Gasteiger partial charge on any atom is -0.548 e. The van der Waals surface area contributed by atoms with E-state index in [2.05, 4.69) is 51.3 Å². The van der Waals surface area contributed by atoms with Crippen LogP contribution in [0.4, 0.5) is 0 Å². The Morgan fingerprint density at radius 1 is 0.254 bits per heavy atom. The number of aliphatic carboxylic acids is 2. The van der Waals surface area contributed by atoms with Gasteiger partial charge in [-0.2, -0.15) is 0 Å². The molecule has 0 aromatic carbocycles. The van der Waals surface area contributed by atoms with Crippen molar-refractivity contribution < 1.29 is 19.8 Å². The van der Waals surface area contributed by atoms with Gasteiger partial charge < -0.3 is 19.8 Å². The predicted octanol–water partition coefficient (Wildman–Crippen LogP) is 18.1. The Kier molecular flexibility index (Phi) is 68.4. The normalized spacial score (nSPS) is 12.3. The van der Waals surface area contributed by atoms with Crippen molar-refractivity contribution in [3.05, 3.63) is 0 Å². The molecule has 7 heteroatoms. The monoisotopic (exact) mass is 1030 g/mol. The summed E-state index contributed by atoms with van der Waals surface area (Å²) < 4.78 is 0. The quantitative estimate of drug-likeness (QED) is 0.0446. The van der Waals surface area contributed by atoms with Crippen LogP contribution >= 0.6 is 0 Å². The molecule has 0 fully saturated rings. The number of carboxylic acids is 2. The molecule has 0 aromatic rings. The van der Waals surface area contributed by atoms with Crippen LogP contribution in [0, 0.1) is 0 Å². The number of nitrogens with zero attached hydrogens (tertiary/aromatic N) is 2. The molecule has 0 amide bonds. The fourth-order valence-corrected chi connectivity index (χ4v) is 10.5. The van der Waals surface area contributed by atoms with E-state index >= 15 is 0 Å². The van der Waals surface area contributed by atoms with Crippen LogP contribution < -0.4 is 10.2 Å². The van der Waals surface area contributed by atoms with Crippen LogP contribution in [0.5, 0.6) is 0 Å². The Hall–Kier alpha value is 0.120. The van der Waals surface area contributed by atoms with E-state index in [1.54, 1.807) is 0 Å². The number of hydrogen-bond donors (Lipinski definition) is 0. The minimum absolute atomic E-state index is 0. The molecule has 0 N–H and O–H groups in total. The second-order valence-electron chi connectivity index (χ2n) is 22.2. The molecule has 0 rings (SSSR count). The summed E-state index contributed by atoms with van der Waals surface area (Å²) in [4.78, 5) is 28.3. The van der Waals surface area contributed by atoms with Gasteiger partial charge in [0.25, 0.3) is 0 Å². The standard InChI is InChI=1S/2C32H65NO2.Ca/c2*1-4-7-10-12-14-16-18-20-22-24-26-29-33(31(32(34)35)28-9-6-3)30-27-25-23-21-19-17-15-13-11-8-5-2;/h2*31H,4-30H2,1-3H3,(H,34,35);/q;;+2/p-2. The van der Waals surface area contributed by atoms with Crippen LogP contribution in [-0.4, -0.2) is 97.7 Å². The van der Waals surface area contributed by atoms with E-state index in [1.807, 2.05) is 0 Å². The van der Waals surface area contributed by atoms with E-state index in [9.17, 15) is 19.8 Å². The van der Waals surface area contributed by atoms with Gasteiger partial charge in [-0.05, 0) is 64.7 Å². The minimum atomic E-state index is -0.857. The van der Waals surface area contributed by atoms with Gasteiger partial charge in [-0.3, -0.25) is 9.80 Å². The van der Waals surface area contributed by atoms with Crippen molar-refractivity contribution in [2.24, 2.45) is 0 Å². The van der Waals surface area contributed by atoms with E-state index in [4.69, 9.17) is 0 Å². The Labute approximate surface area is 476 Å². The van der Waals surface area contributed by atoms with E-state index in [0.717, 1.165) is 90.4 Å². The molecule has 0 aliphatic rings. The maximum Gasteiger partial charge on any atom is 2.00 e. The zero-order valence-electron chi connectivity index (χ0n) is 49.6. The number of carbonyl (C=O) groups is 2. The van der Waals surface area contributed by atoms with Crippen molar-refractivity contribution in [1.82, 2.24) is 9.80 Å². The average Bonchev–Trinajstić information content (AvgIpc) is 3.35. The average molecular weight is 1030 g/mol. The first kappa shape index (κ1) is 75.4. The van der Waals surface area contributed by atoms with Crippen LogP contribution in [-0.2, 0) is 9.59 Å². The van der Waals surface area contributed by atoms with Crippen LogP contribution in [0.2, 0.25) is 0 Å². The van der Waals surface area contributed by atoms with E-state index in [-0.39, 0.29) is 49.8 Å². The molecule has 6 nitrogen and oxygen atoms in total. The van der Waals surface area contributed by atoms with Crippen molar-refractivity contribution in [3.63, 3.8) is 0 Å². The van der Waals surface area contributed by atoms with Gasteiger partial charge in [0.2, 0.25) is 0 Å². The number of hydrogen-bond acceptors (Lipinski definition) is 6. The van der Waals surface area contributed by atoms with Gasteiger partial charge in [0.1, 0.15) is 0 Å². The maximum atomic E-state index is 11.9. The van der Waals surface area contributed by atoms with Gasteiger partial charge >= 0.3 is 37.7 Å². The van der Waals surface area contributed by atoms with Crippen molar-refractivity contribution >= 4 is 49.7 Å². The van der Waals surface area contributed by atoms with Crippen LogP contribution in [0.3, 0.4) is 0 Å². The second kappa shape index (κ2) is 64.4. The van der Waals surface area contributed by atoms with Gasteiger partial charge in [0.05, 0.1) is 11.9 Å². The van der Waals surface area contributed by atoms with Crippen molar-refractivity contribution in [3.8, 4) is 0 Å². The molecule has 71 heavy (non-hydrogen) atoms. The Morgan fingerprint density at radius 2 is 0.394 bits per heavy atom. The zero-order chi connectivity index (χ0) is 51.6. The maximum absolute atomic E-state index is 11.9. The fraction of sp³-hybridized carbons (Fsp3) is 0.969. The van der Waals surface area contributed by atoms with E-state index in [1.165, 1.54) is 257 Å².